The highest BCUT2D eigenvalue weighted by Crippen LogP contribution is 2.12. The number of hydrogen-bond acceptors (Lipinski definition) is 5. The molecule has 0 aliphatic carbocycles. The number of carboxylic acid groups (broad SMARTS) is 1. The fourth-order valence-corrected chi connectivity index (χ4v) is 1.78. The second-order valence-corrected chi connectivity index (χ2v) is 5.37. The SMILES string of the molecule is C[C@@H]1CO[C@H](COS(C)(=O)=O)CN1C(=O)O. The molecule has 2 atom stereocenters. The van der Waals surface area contributed by atoms with Gasteiger partial charge in [0.05, 0.1) is 32.1 Å². The number of amides is 1. The number of rotatable bonds is 3. The van der Waals surface area contributed by atoms with E-state index in [2.05, 4.69) is 4.18 Å². The lowest BCUT2D eigenvalue weighted by Crippen LogP contribution is -2.51. The maximum atomic E-state index is 10.8. The molecule has 1 saturated heterocycles. The van der Waals surface area contributed by atoms with Crippen LogP contribution in [0.25, 0.3) is 0 Å². The van der Waals surface area contributed by atoms with Crippen LogP contribution in [0.4, 0.5) is 4.79 Å². The molecule has 1 rings (SSSR count). The summed E-state index contributed by atoms with van der Waals surface area (Å²) in [5.74, 6) is 0. The zero-order valence-electron chi connectivity index (χ0n) is 9.12. The van der Waals surface area contributed by atoms with Gasteiger partial charge in [0.1, 0.15) is 6.10 Å². The molecule has 94 valence electrons. The largest absolute Gasteiger partial charge is 0.465 e. The van der Waals surface area contributed by atoms with Crippen LogP contribution in [-0.4, -0.2) is 62.7 Å². The van der Waals surface area contributed by atoms with Gasteiger partial charge in [0.2, 0.25) is 0 Å². The Morgan fingerprint density at radius 1 is 1.62 bits per heavy atom. The van der Waals surface area contributed by atoms with Gasteiger partial charge in [-0.2, -0.15) is 8.42 Å². The normalized spacial score (nSPS) is 26.8. The van der Waals surface area contributed by atoms with E-state index in [9.17, 15) is 13.2 Å². The Morgan fingerprint density at radius 2 is 2.25 bits per heavy atom. The van der Waals surface area contributed by atoms with Crippen LogP contribution >= 0.6 is 0 Å². The van der Waals surface area contributed by atoms with Crippen molar-refractivity contribution < 1.29 is 27.2 Å². The monoisotopic (exact) mass is 253 g/mol. The maximum absolute atomic E-state index is 10.8. The molecule has 1 N–H and O–H groups in total. The Labute approximate surface area is 94.1 Å². The van der Waals surface area contributed by atoms with Crippen molar-refractivity contribution >= 4 is 16.2 Å². The number of morpholine rings is 1. The number of hydrogen-bond donors (Lipinski definition) is 1. The zero-order chi connectivity index (χ0) is 12.3. The molecule has 0 bridgehead atoms. The van der Waals surface area contributed by atoms with Gasteiger partial charge in [-0.25, -0.2) is 4.79 Å². The standard InChI is InChI=1S/C8H15NO6S/c1-6-4-14-7(3-9(6)8(10)11)5-15-16(2,12)13/h6-7H,3-5H2,1-2H3,(H,10,11)/t6-,7+/m1/s1. The fourth-order valence-electron chi connectivity index (χ4n) is 1.38. The minimum atomic E-state index is -3.52. The van der Waals surface area contributed by atoms with E-state index < -0.39 is 22.3 Å². The molecule has 1 heterocycles. The molecule has 1 aliphatic heterocycles. The molecule has 1 fully saturated rings. The van der Waals surface area contributed by atoms with E-state index in [4.69, 9.17) is 9.84 Å². The van der Waals surface area contributed by atoms with Gasteiger partial charge in [-0.05, 0) is 6.92 Å². The molecule has 16 heavy (non-hydrogen) atoms. The molecule has 7 nitrogen and oxygen atoms in total. The molecule has 1 aliphatic rings. The summed E-state index contributed by atoms with van der Waals surface area (Å²) in [5, 5.41) is 8.87. The van der Waals surface area contributed by atoms with Gasteiger partial charge in [0.25, 0.3) is 10.1 Å². The first-order valence-corrected chi connectivity index (χ1v) is 6.57. The summed E-state index contributed by atoms with van der Waals surface area (Å²) in [7, 11) is -3.52. The highest BCUT2D eigenvalue weighted by Gasteiger charge is 2.30. The third kappa shape index (κ3) is 3.95. The summed E-state index contributed by atoms with van der Waals surface area (Å²) >= 11 is 0. The predicted octanol–water partition coefficient (Wildman–Crippen LogP) is -0.270. The molecule has 0 radical (unpaired) electrons. The Morgan fingerprint density at radius 3 is 2.75 bits per heavy atom. The molecule has 0 aromatic carbocycles. The highest BCUT2D eigenvalue weighted by molar-refractivity contribution is 7.85. The molecule has 1 amide bonds. The van der Waals surface area contributed by atoms with Gasteiger partial charge in [-0.3, -0.25) is 4.18 Å². The molecular weight excluding hydrogens is 238 g/mol. The van der Waals surface area contributed by atoms with Crippen molar-refractivity contribution in [3.05, 3.63) is 0 Å². The molecule has 0 aromatic rings. The van der Waals surface area contributed by atoms with E-state index in [1.54, 1.807) is 6.92 Å². The summed E-state index contributed by atoms with van der Waals surface area (Å²) in [5.41, 5.74) is 0. The van der Waals surface area contributed by atoms with Crippen LogP contribution < -0.4 is 0 Å². The van der Waals surface area contributed by atoms with E-state index in [0.29, 0.717) is 0 Å². The van der Waals surface area contributed by atoms with Crippen molar-refractivity contribution in [3.63, 3.8) is 0 Å². The lowest BCUT2D eigenvalue weighted by molar-refractivity contribution is -0.0638. The average Bonchev–Trinajstić information content (AvgIpc) is 2.14. The van der Waals surface area contributed by atoms with E-state index >= 15 is 0 Å². The first-order chi connectivity index (χ1) is 7.29. The van der Waals surface area contributed by atoms with Crippen LogP contribution in [0.1, 0.15) is 6.92 Å². The van der Waals surface area contributed by atoms with E-state index in [-0.39, 0.29) is 25.8 Å². The number of carbonyl (C=O) groups is 1. The minimum Gasteiger partial charge on any atom is -0.465 e. The van der Waals surface area contributed by atoms with Crippen LogP contribution in [-0.2, 0) is 19.0 Å². The van der Waals surface area contributed by atoms with Crippen LogP contribution in [0, 0.1) is 0 Å². The fraction of sp³-hybridized carbons (Fsp3) is 0.875. The Balaban J connectivity index is 2.49. The van der Waals surface area contributed by atoms with Gasteiger partial charge in [-0.15, -0.1) is 0 Å². The van der Waals surface area contributed by atoms with Crippen molar-refractivity contribution in [3.8, 4) is 0 Å². The van der Waals surface area contributed by atoms with E-state index in [1.807, 2.05) is 0 Å². The summed E-state index contributed by atoms with van der Waals surface area (Å²) in [6.45, 7) is 1.92. The summed E-state index contributed by atoms with van der Waals surface area (Å²) < 4.78 is 31.3. The first kappa shape index (κ1) is 13.2. The van der Waals surface area contributed by atoms with E-state index in [0.717, 1.165) is 6.26 Å². The lowest BCUT2D eigenvalue weighted by Gasteiger charge is -2.35. The molecular formula is C8H15NO6S. The van der Waals surface area contributed by atoms with Crippen LogP contribution in [0.2, 0.25) is 0 Å². The Kier molecular flexibility index (Phi) is 4.11. The molecule has 0 saturated carbocycles. The molecule has 0 unspecified atom stereocenters. The second-order valence-electron chi connectivity index (χ2n) is 3.73. The molecule has 0 spiro atoms. The summed E-state index contributed by atoms with van der Waals surface area (Å²) in [6, 6.07) is -0.230. The lowest BCUT2D eigenvalue weighted by atomic mass is 10.2. The molecule has 0 aromatic heterocycles. The second kappa shape index (κ2) is 4.98. The quantitative estimate of drug-likeness (QED) is 0.696. The van der Waals surface area contributed by atoms with Crippen molar-refractivity contribution in [1.29, 1.82) is 0 Å². The average molecular weight is 253 g/mol. The Bertz CT molecular complexity index is 354. The minimum absolute atomic E-state index is 0.117. The smallest absolute Gasteiger partial charge is 0.407 e. The molecule has 8 heteroatoms. The van der Waals surface area contributed by atoms with Gasteiger partial charge < -0.3 is 14.7 Å². The van der Waals surface area contributed by atoms with Gasteiger partial charge in [0, 0.05) is 0 Å². The maximum Gasteiger partial charge on any atom is 0.407 e. The number of ether oxygens (including phenoxy) is 1. The number of nitrogens with zero attached hydrogens (tertiary/aromatic N) is 1. The summed E-state index contributed by atoms with van der Waals surface area (Å²) in [4.78, 5) is 12.0. The third-order valence-electron chi connectivity index (χ3n) is 2.22. The first-order valence-electron chi connectivity index (χ1n) is 4.75. The Hall–Kier alpha value is -0.860. The van der Waals surface area contributed by atoms with Gasteiger partial charge in [0.15, 0.2) is 0 Å². The predicted molar refractivity (Wildman–Crippen MR) is 54.7 cm³/mol. The van der Waals surface area contributed by atoms with E-state index in [1.165, 1.54) is 4.90 Å². The summed E-state index contributed by atoms with van der Waals surface area (Å²) in [6.07, 6.45) is -0.643. The van der Waals surface area contributed by atoms with Crippen LogP contribution in [0.3, 0.4) is 0 Å². The van der Waals surface area contributed by atoms with Crippen molar-refractivity contribution in [2.45, 2.75) is 19.1 Å². The van der Waals surface area contributed by atoms with Gasteiger partial charge in [-0.1, -0.05) is 0 Å². The zero-order valence-corrected chi connectivity index (χ0v) is 9.94. The van der Waals surface area contributed by atoms with Crippen molar-refractivity contribution in [1.82, 2.24) is 4.90 Å². The van der Waals surface area contributed by atoms with Gasteiger partial charge >= 0.3 is 6.09 Å². The van der Waals surface area contributed by atoms with Crippen LogP contribution in [0.5, 0.6) is 0 Å². The highest BCUT2D eigenvalue weighted by atomic mass is 32.2. The van der Waals surface area contributed by atoms with Crippen LogP contribution in [0.15, 0.2) is 0 Å². The van der Waals surface area contributed by atoms with Crippen molar-refractivity contribution in [2.75, 3.05) is 26.0 Å². The topological polar surface area (TPSA) is 93.1 Å². The van der Waals surface area contributed by atoms with Crippen molar-refractivity contribution in [2.24, 2.45) is 0 Å². The third-order valence-corrected chi connectivity index (χ3v) is 2.78.